The predicted octanol–water partition coefficient (Wildman–Crippen LogP) is 3.66. The van der Waals surface area contributed by atoms with Crippen molar-refractivity contribution in [3.8, 4) is 0 Å². The highest BCUT2D eigenvalue weighted by molar-refractivity contribution is 7.89. The monoisotopic (exact) mass is 532 g/mol. The molecule has 38 heavy (non-hydrogen) atoms. The summed E-state index contributed by atoms with van der Waals surface area (Å²) in [6.45, 7) is 3.31. The molecule has 196 valence electrons. The highest BCUT2D eigenvalue weighted by Gasteiger charge is 2.34. The van der Waals surface area contributed by atoms with E-state index in [4.69, 9.17) is 4.42 Å². The van der Waals surface area contributed by atoms with Gasteiger partial charge in [0.05, 0.1) is 24.2 Å². The zero-order valence-electron chi connectivity index (χ0n) is 21.0. The maximum Gasteiger partial charge on any atom is 0.248 e. The molecule has 10 heteroatoms. The topological polar surface area (TPSA) is 122 Å². The Labute approximate surface area is 221 Å². The van der Waals surface area contributed by atoms with Crippen molar-refractivity contribution in [3.63, 3.8) is 0 Å². The number of anilines is 1. The molecule has 0 bridgehead atoms. The smallest absolute Gasteiger partial charge is 0.248 e. The zero-order chi connectivity index (χ0) is 27.1. The van der Waals surface area contributed by atoms with E-state index in [2.05, 4.69) is 15.0 Å². The van der Waals surface area contributed by atoms with Gasteiger partial charge in [0.2, 0.25) is 21.8 Å². The molecule has 9 nitrogen and oxygen atoms in total. The molecular formula is C28H28N4O5S. The van der Waals surface area contributed by atoms with Gasteiger partial charge >= 0.3 is 0 Å². The summed E-state index contributed by atoms with van der Waals surface area (Å²) in [6.07, 6.45) is 4.57. The van der Waals surface area contributed by atoms with Crippen LogP contribution >= 0.6 is 0 Å². The zero-order valence-corrected chi connectivity index (χ0v) is 21.8. The van der Waals surface area contributed by atoms with Gasteiger partial charge in [-0.2, -0.15) is 0 Å². The maximum absolute atomic E-state index is 13.8. The second-order valence-electron chi connectivity index (χ2n) is 8.60. The summed E-state index contributed by atoms with van der Waals surface area (Å²) in [5.41, 5.74) is 2.69. The highest BCUT2D eigenvalue weighted by Crippen LogP contribution is 2.32. The van der Waals surface area contributed by atoms with E-state index < -0.39 is 34.4 Å². The van der Waals surface area contributed by atoms with E-state index in [9.17, 15) is 18.0 Å². The molecule has 0 spiro atoms. The number of aromatic nitrogens is 1. The molecule has 1 unspecified atom stereocenters. The third-order valence-corrected chi connectivity index (χ3v) is 7.53. The van der Waals surface area contributed by atoms with Crippen LogP contribution in [0.3, 0.4) is 0 Å². The van der Waals surface area contributed by atoms with Gasteiger partial charge < -0.3 is 9.73 Å². The summed E-state index contributed by atoms with van der Waals surface area (Å²) in [5, 5.41) is 2.84. The standard InChI is InChI=1S/C28H28N4O5S/c1-20-8-6-12-25(21(20)2)32(26(33)19-31-38(35,36)24-10-4-3-5-11-24)27(22-13-15-29-16-14-22)28(34)30-18-23-9-7-17-37-23/h3-17,27,31H,18-19H2,1-2H3,(H,30,34). The van der Waals surface area contributed by atoms with Crippen LogP contribution in [0, 0.1) is 13.8 Å². The Morgan fingerprint density at radius 2 is 1.68 bits per heavy atom. The molecule has 2 heterocycles. The Hall–Kier alpha value is -4.28. The van der Waals surface area contributed by atoms with Crippen molar-refractivity contribution >= 4 is 27.5 Å². The number of aryl methyl sites for hydroxylation is 1. The first-order valence-electron chi connectivity index (χ1n) is 11.9. The van der Waals surface area contributed by atoms with E-state index in [1.807, 2.05) is 19.9 Å². The molecule has 0 aliphatic heterocycles. The maximum atomic E-state index is 13.8. The summed E-state index contributed by atoms with van der Waals surface area (Å²) in [6, 6.07) is 18.8. The molecular weight excluding hydrogens is 504 g/mol. The Bertz CT molecular complexity index is 1490. The van der Waals surface area contributed by atoms with Crippen molar-refractivity contribution in [2.24, 2.45) is 0 Å². The lowest BCUT2D eigenvalue weighted by atomic mass is 10.0. The van der Waals surface area contributed by atoms with Gasteiger partial charge in [-0.1, -0.05) is 30.3 Å². The summed E-state index contributed by atoms with van der Waals surface area (Å²) in [5.74, 6) is -0.520. The third kappa shape index (κ3) is 6.16. The van der Waals surface area contributed by atoms with Crippen molar-refractivity contribution in [2.45, 2.75) is 31.3 Å². The van der Waals surface area contributed by atoms with Crippen LogP contribution in [0.5, 0.6) is 0 Å². The summed E-state index contributed by atoms with van der Waals surface area (Å²) >= 11 is 0. The number of furan rings is 1. The number of carbonyl (C=O) groups excluding carboxylic acids is 2. The number of nitrogens with zero attached hydrogens (tertiary/aromatic N) is 2. The average Bonchev–Trinajstić information content (AvgIpc) is 3.46. The molecule has 2 N–H and O–H groups in total. The Kier molecular flexibility index (Phi) is 8.35. The lowest BCUT2D eigenvalue weighted by Gasteiger charge is -2.33. The minimum atomic E-state index is -3.96. The fourth-order valence-electron chi connectivity index (χ4n) is 3.99. The van der Waals surface area contributed by atoms with Crippen LogP contribution in [0.1, 0.15) is 28.5 Å². The van der Waals surface area contributed by atoms with E-state index in [0.29, 0.717) is 17.0 Å². The first-order valence-corrected chi connectivity index (χ1v) is 13.4. The normalized spacial score (nSPS) is 12.1. The quantitative estimate of drug-likeness (QED) is 0.322. The largest absolute Gasteiger partial charge is 0.467 e. The minimum Gasteiger partial charge on any atom is -0.467 e. The van der Waals surface area contributed by atoms with E-state index in [-0.39, 0.29) is 11.4 Å². The third-order valence-electron chi connectivity index (χ3n) is 6.12. The number of hydrogen-bond acceptors (Lipinski definition) is 6. The predicted molar refractivity (Wildman–Crippen MR) is 143 cm³/mol. The molecule has 0 aliphatic rings. The first kappa shape index (κ1) is 26.8. The first-order chi connectivity index (χ1) is 18.3. The second kappa shape index (κ2) is 11.8. The van der Waals surface area contributed by atoms with Crippen LogP contribution in [0.15, 0.2) is 101 Å². The summed E-state index contributed by atoms with van der Waals surface area (Å²) in [7, 11) is -3.96. The van der Waals surface area contributed by atoms with Gasteiger partial charge in [-0.25, -0.2) is 13.1 Å². The molecule has 0 radical (unpaired) electrons. The molecule has 0 aliphatic carbocycles. The van der Waals surface area contributed by atoms with Crippen LogP contribution in [0.4, 0.5) is 5.69 Å². The van der Waals surface area contributed by atoms with Crippen LogP contribution < -0.4 is 14.9 Å². The lowest BCUT2D eigenvalue weighted by Crippen LogP contribution is -2.47. The van der Waals surface area contributed by atoms with E-state index in [1.54, 1.807) is 54.6 Å². The number of benzene rings is 2. The Balaban J connectivity index is 1.72. The minimum absolute atomic E-state index is 0.0351. The van der Waals surface area contributed by atoms with E-state index in [1.165, 1.54) is 35.7 Å². The molecule has 2 amide bonds. The van der Waals surface area contributed by atoms with Gasteiger partial charge in [-0.15, -0.1) is 0 Å². The lowest BCUT2D eigenvalue weighted by molar-refractivity contribution is -0.126. The Morgan fingerprint density at radius 3 is 2.37 bits per heavy atom. The number of rotatable bonds is 10. The van der Waals surface area contributed by atoms with Crippen molar-refractivity contribution in [3.05, 3.63) is 114 Å². The van der Waals surface area contributed by atoms with Gasteiger partial charge in [0.15, 0.2) is 0 Å². The number of sulfonamides is 1. The average molecular weight is 533 g/mol. The number of nitrogens with one attached hydrogen (secondary N) is 2. The Morgan fingerprint density at radius 1 is 0.947 bits per heavy atom. The van der Waals surface area contributed by atoms with Crippen LogP contribution in [-0.2, 0) is 26.2 Å². The number of hydrogen-bond donors (Lipinski definition) is 2. The number of amides is 2. The molecule has 0 saturated carbocycles. The number of carbonyl (C=O) groups is 2. The molecule has 1 atom stereocenters. The van der Waals surface area contributed by atoms with Crippen LogP contribution in [-0.4, -0.2) is 31.8 Å². The second-order valence-corrected chi connectivity index (χ2v) is 10.4. The van der Waals surface area contributed by atoms with E-state index in [0.717, 1.165) is 11.1 Å². The van der Waals surface area contributed by atoms with Gasteiger partial charge in [0.1, 0.15) is 11.8 Å². The summed E-state index contributed by atoms with van der Waals surface area (Å²) in [4.78, 5) is 32.9. The van der Waals surface area contributed by atoms with Crippen molar-refractivity contribution < 1.29 is 22.4 Å². The number of pyridine rings is 1. The van der Waals surface area contributed by atoms with Crippen molar-refractivity contribution in [2.75, 3.05) is 11.4 Å². The van der Waals surface area contributed by atoms with Crippen molar-refractivity contribution in [1.29, 1.82) is 0 Å². The fraction of sp³-hybridized carbons (Fsp3) is 0.179. The van der Waals surface area contributed by atoms with Gasteiger partial charge in [-0.3, -0.25) is 19.5 Å². The summed E-state index contributed by atoms with van der Waals surface area (Å²) < 4.78 is 33.4. The molecule has 0 saturated heterocycles. The van der Waals surface area contributed by atoms with E-state index >= 15 is 0 Å². The fourth-order valence-corrected chi connectivity index (χ4v) is 4.98. The van der Waals surface area contributed by atoms with Gasteiger partial charge in [-0.05, 0) is 73.0 Å². The van der Waals surface area contributed by atoms with Gasteiger partial charge in [0, 0.05) is 18.1 Å². The molecule has 4 rings (SSSR count). The SMILES string of the molecule is Cc1cccc(N(C(=O)CNS(=O)(=O)c2ccccc2)C(C(=O)NCc2ccco2)c2ccncc2)c1C. The van der Waals surface area contributed by atoms with Crippen LogP contribution in [0.2, 0.25) is 0 Å². The molecule has 4 aromatic rings. The van der Waals surface area contributed by atoms with Gasteiger partial charge in [0.25, 0.3) is 0 Å². The van der Waals surface area contributed by atoms with Crippen LogP contribution in [0.25, 0.3) is 0 Å². The molecule has 2 aromatic heterocycles. The highest BCUT2D eigenvalue weighted by atomic mass is 32.2. The van der Waals surface area contributed by atoms with Crippen molar-refractivity contribution in [1.82, 2.24) is 15.0 Å². The molecule has 2 aromatic carbocycles. The molecule has 0 fully saturated rings.